The first-order valence-electron chi connectivity index (χ1n) is 4.73. The molecular formula is C11H13N3. The van der Waals surface area contributed by atoms with E-state index < -0.39 is 0 Å². The second-order valence-electron chi connectivity index (χ2n) is 3.28. The first kappa shape index (κ1) is 9.09. The molecule has 0 atom stereocenters. The summed E-state index contributed by atoms with van der Waals surface area (Å²) >= 11 is 0. The molecule has 0 saturated heterocycles. The van der Waals surface area contributed by atoms with Gasteiger partial charge in [-0.05, 0) is 25.6 Å². The zero-order valence-electron chi connectivity index (χ0n) is 8.20. The topological polar surface area (TPSA) is 51.8 Å². The Morgan fingerprint density at radius 1 is 1.14 bits per heavy atom. The molecule has 3 nitrogen and oxygen atoms in total. The number of para-hydroxylation sites is 2. The van der Waals surface area contributed by atoms with Gasteiger partial charge in [0.2, 0.25) is 0 Å². The lowest BCUT2D eigenvalue weighted by atomic mass is 10.2. The molecule has 1 heterocycles. The molecule has 2 aromatic rings. The van der Waals surface area contributed by atoms with Gasteiger partial charge in [0.15, 0.2) is 0 Å². The van der Waals surface area contributed by atoms with E-state index in [0.29, 0.717) is 6.54 Å². The van der Waals surface area contributed by atoms with Gasteiger partial charge in [0, 0.05) is 6.42 Å². The van der Waals surface area contributed by atoms with Gasteiger partial charge in [0.1, 0.15) is 0 Å². The molecule has 2 N–H and O–H groups in total. The molecule has 0 saturated carbocycles. The molecule has 0 spiro atoms. The maximum absolute atomic E-state index is 5.51. The molecule has 0 fully saturated rings. The summed E-state index contributed by atoms with van der Waals surface area (Å²) < 4.78 is 0. The van der Waals surface area contributed by atoms with E-state index in [2.05, 4.69) is 9.97 Å². The highest BCUT2D eigenvalue weighted by Gasteiger charge is 2.02. The predicted octanol–water partition coefficient (Wildman–Crippen LogP) is 1.44. The molecule has 0 aliphatic rings. The van der Waals surface area contributed by atoms with Crippen LogP contribution in [0.25, 0.3) is 11.0 Å². The van der Waals surface area contributed by atoms with E-state index in [1.54, 1.807) is 0 Å². The Labute approximate surface area is 83.0 Å². The lowest BCUT2D eigenvalue weighted by molar-refractivity contribution is 0.902. The van der Waals surface area contributed by atoms with E-state index in [4.69, 9.17) is 5.73 Å². The van der Waals surface area contributed by atoms with Gasteiger partial charge in [-0.2, -0.15) is 0 Å². The van der Waals surface area contributed by atoms with Gasteiger partial charge >= 0.3 is 0 Å². The Bertz CT molecular complexity index is 451. The molecule has 0 aliphatic heterocycles. The highest BCUT2D eigenvalue weighted by molar-refractivity contribution is 5.74. The fraction of sp³-hybridized carbons (Fsp3) is 0.273. The molecule has 1 aromatic heterocycles. The average Bonchev–Trinajstić information content (AvgIpc) is 2.19. The fourth-order valence-electron chi connectivity index (χ4n) is 1.50. The molecular weight excluding hydrogens is 174 g/mol. The zero-order valence-corrected chi connectivity index (χ0v) is 8.20. The number of nitrogens with zero attached hydrogens (tertiary/aromatic N) is 2. The largest absolute Gasteiger partial charge is 0.330 e. The summed E-state index contributed by atoms with van der Waals surface area (Å²) in [6, 6.07) is 7.89. The van der Waals surface area contributed by atoms with Gasteiger partial charge in [-0.1, -0.05) is 12.1 Å². The third-order valence-electron chi connectivity index (χ3n) is 2.22. The monoisotopic (exact) mass is 187 g/mol. The number of rotatable bonds is 2. The highest BCUT2D eigenvalue weighted by atomic mass is 14.8. The van der Waals surface area contributed by atoms with Gasteiger partial charge in [0.05, 0.1) is 22.4 Å². The van der Waals surface area contributed by atoms with Crippen molar-refractivity contribution in [3.8, 4) is 0 Å². The first-order chi connectivity index (χ1) is 6.81. The molecule has 3 heteroatoms. The van der Waals surface area contributed by atoms with Crippen LogP contribution >= 0.6 is 0 Å². The summed E-state index contributed by atoms with van der Waals surface area (Å²) in [5.41, 5.74) is 9.39. The Morgan fingerprint density at radius 2 is 1.79 bits per heavy atom. The Hall–Kier alpha value is -1.48. The minimum absolute atomic E-state index is 0.619. The van der Waals surface area contributed by atoms with Crippen molar-refractivity contribution in [2.75, 3.05) is 6.54 Å². The van der Waals surface area contributed by atoms with Crippen LogP contribution in [0.3, 0.4) is 0 Å². The summed E-state index contributed by atoms with van der Waals surface area (Å²) in [6.45, 7) is 2.60. The number of benzene rings is 1. The van der Waals surface area contributed by atoms with Crippen molar-refractivity contribution in [2.24, 2.45) is 5.73 Å². The molecule has 0 radical (unpaired) electrons. The normalized spacial score (nSPS) is 10.7. The van der Waals surface area contributed by atoms with Gasteiger partial charge in [-0.15, -0.1) is 0 Å². The van der Waals surface area contributed by atoms with Gasteiger partial charge in [-0.3, -0.25) is 0 Å². The molecule has 14 heavy (non-hydrogen) atoms. The van der Waals surface area contributed by atoms with Gasteiger partial charge in [0.25, 0.3) is 0 Å². The number of aryl methyl sites for hydroxylation is 1. The quantitative estimate of drug-likeness (QED) is 0.774. The fourth-order valence-corrected chi connectivity index (χ4v) is 1.50. The number of nitrogens with two attached hydrogens (primary N) is 1. The lowest BCUT2D eigenvalue weighted by Crippen LogP contribution is -2.07. The van der Waals surface area contributed by atoms with Crippen molar-refractivity contribution in [1.29, 1.82) is 0 Å². The molecule has 1 aromatic carbocycles. The molecule has 0 aliphatic carbocycles. The number of hydrogen-bond donors (Lipinski definition) is 1. The minimum atomic E-state index is 0.619. The van der Waals surface area contributed by atoms with Crippen LogP contribution in [-0.4, -0.2) is 16.5 Å². The van der Waals surface area contributed by atoms with Crippen LogP contribution in [0.2, 0.25) is 0 Å². The summed E-state index contributed by atoms with van der Waals surface area (Å²) in [5, 5.41) is 0. The number of fused-ring (bicyclic) bond motifs is 1. The summed E-state index contributed by atoms with van der Waals surface area (Å²) in [6.07, 6.45) is 0.795. The van der Waals surface area contributed by atoms with E-state index in [-0.39, 0.29) is 0 Å². The maximum Gasteiger partial charge on any atom is 0.0890 e. The van der Waals surface area contributed by atoms with E-state index in [1.807, 2.05) is 31.2 Å². The van der Waals surface area contributed by atoms with Crippen molar-refractivity contribution < 1.29 is 0 Å². The summed E-state index contributed by atoms with van der Waals surface area (Å²) in [4.78, 5) is 9.00. The Morgan fingerprint density at radius 3 is 2.43 bits per heavy atom. The van der Waals surface area contributed by atoms with E-state index in [9.17, 15) is 0 Å². The molecule has 72 valence electrons. The zero-order chi connectivity index (χ0) is 9.97. The van der Waals surface area contributed by atoms with Crippen LogP contribution in [0.4, 0.5) is 0 Å². The van der Waals surface area contributed by atoms with Crippen molar-refractivity contribution in [3.63, 3.8) is 0 Å². The smallest absolute Gasteiger partial charge is 0.0890 e. The average molecular weight is 187 g/mol. The van der Waals surface area contributed by atoms with Crippen molar-refractivity contribution in [3.05, 3.63) is 35.7 Å². The van der Waals surface area contributed by atoms with Crippen molar-refractivity contribution in [1.82, 2.24) is 9.97 Å². The SMILES string of the molecule is Cc1nc2ccccc2nc1CCN. The van der Waals surface area contributed by atoms with E-state index in [0.717, 1.165) is 28.8 Å². The molecule has 2 rings (SSSR count). The third kappa shape index (κ3) is 1.59. The van der Waals surface area contributed by atoms with E-state index in [1.165, 1.54) is 0 Å². The molecule has 0 unspecified atom stereocenters. The Balaban J connectivity index is 2.59. The standard InChI is InChI=1S/C11H13N3/c1-8-9(6-7-12)14-11-5-3-2-4-10(11)13-8/h2-5H,6-7,12H2,1H3. The van der Waals surface area contributed by atoms with Crippen molar-refractivity contribution >= 4 is 11.0 Å². The van der Waals surface area contributed by atoms with Crippen LogP contribution < -0.4 is 5.73 Å². The van der Waals surface area contributed by atoms with E-state index >= 15 is 0 Å². The van der Waals surface area contributed by atoms with Crippen LogP contribution in [0.5, 0.6) is 0 Å². The molecule has 0 bridgehead atoms. The summed E-state index contributed by atoms with van der Waals surface area (Å²) in [5.74, 6) is 0. The summed E-state index contributed by atoms with van der Waals surface area (Å²) in [7, 11) is 0. The van der Waals surface area contributed by atoms with Crippen molar-refractivity contribution in [2.45, 2.75) is 13.3 Å². The second kappa shape index (κ2) is 3.72. The van der Waals surface area contributed by atoms with Crippen LogP contribution in [0.15, 0.2) is 24.3 Å². The second-order valence-corrected chi connectivity index (χ2v) is 3.28. The van der Waals surface area contributed by atoms with Crippen LogP contribution in [-0.2, 0) is 6.42 Å². The van der Waals surface area contributed by atoms with Crippen LogP contribution in [0, 0.1) is 6.92 Å². The minimum Gasteiger partial charge on any atom is -0.330 e. The number of hydrogen-bond acceptors (Lipinski definition) is 3. The maximum atomic E-state index is 5.51. The third-order valence-corrected chi connectivity index (χ3v) is 2.22. The van der Waals surface area contributed by atoms with Gasteiger partial charge < -0.3 is 5.73 Å². The molecule has 0 amide bonds. The van der Waals surface area contributed by atoms with Crippen LogP contribution in [0.1, 0.15) is 11.4 Å². The lowest BCUT2D eigenvalue weighted by Gasteiger charge is -2.04. The Kier molecular flexibility index (Phi) is 2.41. The number of aromatic nitrogens is 2. The predicted molar refractivity (Wildman–Crippen MR) is 57.0 cm³/mol. The first-order valence-corrected chi connectivity index (χ1v) is 4.73. The van der Waals surface area contributed by atoms with Gasteiger partial charge in [-0.25, -0.2) is 9.97 Å². The highest BCUT2D eigenvalue weighted by Crippen LogP contribution is 2.11.